The third-order valence-electron chi connectivity index (χ3n) is 4.01. The Morgan fingerprint density at radius 1 is 1.47 bits per heavy atom. The monoisotopic (exact) mass is 264 g/mol. The number of hydrogen-bond donors (Lipinski definition) is 1. The lowest BCUT2D eigenvalue weighted by Gasteiger charge is -2.33. The summed E-state index contributed by atoms with van der Waals surface area (Å²) in [5.74, 6) is 0.0805. The summed E-state index contributed by atoms with van der Waals surface area (Å²) in [6, 6.07) is 0. The standard InChI is InChI=1S/C16H28N2O/c1-13-7-6-10-16(2,3)14(13)8-9-15(19)18(5)12-11-17-4/h8-9,17H,6-7,10-12H2,1-5H3. The Hall–Kier alpha value is -1.09. The van der Waals surface area contributed by atoms with Crippen molar-refractivity contribution >= 4 is 5.91 Å². The molecule has 1 rings (SSSR count). The predicted molar refractivity (Wildman–Crippen MR) is 81.0 cm³/mol. The van der Waals surface area contributed by atoms with E-state index in [9.17, 15) is 4.79 Å². The molecule has 19 heavy (non-hydrogen) atoms. The number of hydrogen-bond acceptors (Lipinski definition) is 2. The molecule has 0 heterocycles. The lowest BCUT2D eigenvalue weighted by atomic mass is 9.72. The van der Waals surface area contributed by atoms with Gasteiger partial charge in [0.25, 0.3) is 0 Å². The third kappa shape index (κ3) is 4.50. The number of amides is 1. The van der Waals surface area contributed by atoms with E-state index in [-0.39, 0.29) is 11.3 Å². The number of allylic oxidation sites excluding steroid dienone is 3. The highest BCUT2D eigenvalue weighted by atomic mass is 16.2. The Morgan fingerprint density at radius 3 is 2.74 bits per heavy atom. The number of carbonyl (C=O) groups excluding carboxylic acids is 1. The van der Waals surface area contributed by atoms with Crippen LogP contribution in [0.3, 0.4) is 0 Å². The van der Waals surface area contributed by atoms with Crippen LogP contribution < -0.4 is 5.32 Å². The maximum Gasteiger partial charge on any atom is 0.246 e. The molecule has 1 amide bonds. The molecule has 0 unspecified atom stereocenters. The predicted octanol–water partition coefficient (Wildman–Crippen LogP) is 2.75. The molecule has 0 aromatic heterocycles. The topological polar surface area (TPSA) is 32.3 Å². The van der Waals surface area contributed by atoms with Gasteiger partial charge in [-0.05, 0) is 44.2 Å². The first-order valence-electron chi connectivity index (χ1n) is 7.16. The molecule has 0 radical (unpaired) electrons. The summed E-state index contributed by atoms with van der Waals surface area (Å²) in [5, 5.41) is 3.05. The second-order valence-electron chi connectivity index (χ2n) is 6.13. The first-order chi connectivity index (χ1) is 8.88. The number of rotatable bonds is 5. The fourth-order valence-electron chi connectivity index (χ4n) is 2.68. The maximum atomic E-state index is 12.0. The molecule has 0 bridgehead atoms. The van der Waals surface area contributed by atoms with Gasteiger partial charge < -0.3 is 10.2 Å². The smallest absolute Gasteiger partial charge is 0.246 e. The van der Waals surface area contributed by atoms with Crippen LogP contribution in [0.25, 0.3) is 0 Å². The molecule has 0 saturated heterocycles. The minimum absolute atomic E-state index is 0.0805. The molecular formula is C16H28N2O. The van der Waals surface area contributed by atoms with Crippen molar-refractivity contribution < 1.29 is 4.79 Å². The second kappa shape index (κ2) is 6.90. The van der Waals surface area contributed by atoms with Crippen LogP contribution in [-0.2, 0) is 4.79 Å². The third-order valence-corrected chi connectivity index (χ3v) is 4.01. The zero-order valence-corrected chi connectivity index (χ0v) is 13.0. The molecule has 0 aromatic carbocycles. The van der Waals surface area contributed by atoms with E-state index in [2.05, 4.69) is 26.1 Å². The summed E-state index contributed by atoms with van der Waals surface area (Å²) < 4.78 is 0. The quantitative estimate of drug-likeness (QED) is 0.774. The Morgan fingerprint density at radius 2 is 2.16 bits per heavy atom. The zero-order chi connectivity index (χ0) is 14.5. The second-order valence-corrected chi connectivity index (χ2v) is 6.13. The highest BCUT2D eigenvalue weighted by molar-refractivity contribution is 5.87. The lowest BCUT2D eigenvalue weighted by Crippen LogP contribution is -2.31. The van der Waals surface area contributed by atoms with E-state index < -0.39 is 0 Å². The first kappa shape index (κ1) is 16.0. The van der Waals surface area contributed by atoms with Gasteiger partial charge in [0.15, 0.2) is 0 Å². The van der Waals surface area contributed by atoms with Crippen molar-refractivity contribution in [2.75, 3.05) is 27.2 Å². The normalized spacial score (nSPS) is 19.0. The molecule has 108 valence electrons. The van der Waals surface area contributed by atoms with Crippen LogP contribution in [0.2, 0.25) is 0 Å². The number of nitrogens with one attached hydrogen (secondary N) is 1. The summed E-state index contributed by atoms with van der Waals surface area (Å²) in [6.45, 7) is 8.29. The van der Waals surface area contributed by atoms with Crippen LogP contribution in [0.1, 0.15) is 40.0 Å². The van der Waals surface area contributed by atoms with Crippen molar-refractivity contribution in [2.45, 2.75) is 40.0 Å². The number of likely N-dealkylation sites (N-methyl/N-ethyl adjacent to an activating group) is 2. The first-order valence-corrected chi connectivity index (χ1v) is 7.16. The zero-order valence-electron chi connectivity index (χ0n) is 13.0. The van der Waals surface area contributed by atoms with Crippen molar-refractivity contribution in [3.63, 3.8) is 0 Å². The summed E-state index contributed by atoms with van der Waals surface area (Å²) in [7, 11) is 3.74. The van der Waals surface area contributed by atoms with Crippen molar-refractivity contribution in [2.24, 2.45) is 5.41 Å². The SMILES string of the molecule is CNCCN(C)C(=O)C=CC1=C(C)CCCC1(C)C. The van der Waals surface area contributed by atoms with Crippen LogP contribution >= 0.6 is 0 Å². The molecule has 0 aliphatic heterocycles. The molecule has 1 N–H and O–H groups in total. The van der Waals surface area contributed by atoms with Gasteiger partial charge in [-0.3, -0.25) is 4.79 Å². The molecular weight excluding hydrogens is 236 g/mol. The molecule has 1 aliphatic rings. The fraction of sp³-hybridized carbons (Fsp3) is 0.688. The minimum Gasteiger partial charge on any atom is -0.341 e. The van der Waals surface area contributed by atoms with Crippen molar-refractivity contribution in [1.82, 2.24) is 10.2 Å². The van der Waals surface area contributed by atoms with Crippen molar-refractivity contribution in [3.8, 4) is 0 Å². The summed E-state index contributed by atoms with van der Waals surface area (Å²) in [4.78, 5) is 13.7. The average molecular weight is 264 g/mol. The molecule has 3 nitrogen and oxygen atoms in total. The molecule has 0 fully saturated rings. The van der Waals surface area contributed by atoms with E-state index >= 15 is 0 Å². The van der Waals surface area contributed by atoms with Gasteiger partial charge in [-0.1, -0.05) is 25.5 Å². The van der Waals surface area contributed by atoms with E-state index in [0.717, 1.165) is 19.5 Å². The van der Waals surface area contributed by atoms with Crippen LogP contribution in [0.4, 0.5) is 0 Å². The fourth-order valence-corrected chi connectivity index (χ4v) is 2.68. The Kier molecular flexibility index (Phi) is 5.80. The van der Waals surface area contributed by atoms with E-state index in [0.29, 0.717) is 0 Å². The van der Waals surface area contributed by atoms with Crippen molar-refractivity contribution in [1.29, 1.82) is 0 Å². The van der Waals surface area contributed by atoms with E-state index in [1.54, 1.807) is 11.0 Å². The molecule has 0 saturated carbocycles. The average Bonchev–Trinajstić information content (AvgIpc) is 2.34. The molecule has 0 aromatic rings. The van der Waals surface area contributed by atoms with Gasteiger partial charge in [0.1, 0.15) is 0 Å². The Balaban J connectivity index is 2.72. The highest BCUT2D eigenvalue weighted by Gasteiger charge is 2.26. The molecule has 3 heteroatoms. The molecule has 0 spiro atoms. The van der Waals surface area contributed by atoms with E-state index in [4.69, 9.17) is 0 Å². The lowest BCUT2D eigenvalue weighted by molar-refractivity contribution is -0.124. The Labute approximate surface area is 117 Å². The van der Waals surface area contributed by atoms with Crippen LogP contribution in [0.5, 0.6) is 0 Å². The van der Waals surface area contributed by atoms with E-state index in [1.165, 1.54) is 24.0 Å². The van der Waals surface area contributed by atoms with Gasteiger partial charge >= 0.3 is 0 Å². The molecule has 1 aliphatic carbocycles. The van der Waals surface area contributed by atoms with Gasteiger partial charge in [0.2, 0.25) is 5.91 Å². The van der Waals surface area contributed by atoms with Gasteiger partial charge in [-0.25, -0.2) is 0 Å². The largest absolute Gasteiger partial charge is 0.341 e. The maximum absolute atomic E-state index is 12.0. The summed E-state index contributed by atoms with van der Waals surface area (Å²) in [6.07, 6.45) is 7.38. The van der Waals surface area contributed by atoms with Crippen LogP contribution in [-0.4, -0.2) is 38.0 Å². The van der Waals surface area contributed by atoms with Gasteiger partial charge in [-0.15, -0.1) is 0 Å². The van der Waals surface area contributed by atoms with Crippen LogP contribution in [0, 0.1) is 5.41 Å². The van der Waals surface area contributed by atoms with Gasteiger partial charge in [-0.2, -0.15) is 0 Å². The minimum atomic E-state index is 0.0805. The molecule has 0 atom stereocenters. The van der Waals surface area contributed by atoms with Crippen LogP contribution in [0.15, 0.2) is 23.3 Å². The summed E-state index contributed by atoms with van der Waals surface area (Å²) in [5.41, 5.74) is 2.97. The highest BCUT2D eigenvalue weighted by Crippen LogP contribution is 2.40. The van der Waals surface area contributed by atoms with Crippen molar-refractivity contribution in [3.05, 3.63) is 23.3 Å². The van der Waals surface area contributed by atoms with E-state index in [1.807, 2.05) is 20.2 Å². The number of nitrogens with zero attached hydrogens (tertiary/aromatic N) is 1. The van der Waals surface area contributed by atoms with Gasteiger partial charge in [0, 0.05) is 26.2 Å². The summed E-state index contributed by atoms with van der Waals surface area (Å²) >= 11 is 0. The Bertz CT molecular complexity index is 380. The number of carbonyl (C=O) groups is 1. The van der Waals surface area contributed by atoms with Gasteiger partial charge in [0.05, 0.1) is 0 Å².